The normalized spacial score (nSPS) is 11.9. The number of carbonyl (C=O) groups is 1. The summed E-state index contributed by atoms with van der Waals surface area (Å²) < 4.78 is 34.8. The molecule has 0 spiro atoms. The van der Waals surface area contributed by atoms with Gasteiger partial charge in [0, 0.05) is 5.69 Å². The van der Waals surface area contributed by atoms with Crippen molar-refractivity contribution in [3.05, 3.63) is 59.9 Å². The molecule has 2 aromatic carbocycles. The first-order chi connectivity index (χ1) is 15.0. The molecule has 170 valence electrons. The maximum absolute atomic E-state index is 12.9. The van der Waals surface area contributed by atoms with Crippen LogP contribution in [0.15, 0.2) is 58.8 Å². The molecule has 0 saturated carbocycles. The van der Waals surface area contributed by atoms with Crippen LogP contribution < -0.4 is 9.46 Å². The summed E-state index contributed by atoms with van der Waals surface area (Å²) in [7, 11) is -2.42. The Morgan fingerprint density at radius 3 is 2.47 bits per heavy atom. The molecule has 1 amide bonds. The van der Waals surface area contributed by atoms with Crippen LogP contribution in [0.5, 0.6) is 5.75 Å². The number of hydrogen-bond donors (Lipinski definition) is 1. The lowest BCUT2D eigenvalue weighted by Gasteiger charge is -2.20. The van der Waals surface area contributed by atoms with Crippen molar-refractivity contribution in [3.8, 4) is 11.4 Å². The molecule has 10 heteroatoms. The first kappa shape index (κ1) is 23.8. The number of amides is 1. The van der Waals surface area contributed by atoms with Crippen LogP contribution in [0.2, 0.25) is 0 Å². The lowest BCUT2D eigenvalue weighted by atomic mass is 9.87. The highest BCUT2D eigenvalue weighted by atomic mass is 32.2. The number of nitrogens with zero attached hydrogens (tertiary/aromatic N) is 3. The number of carbonyl (C=O) groups excluding carboxylic acids is 1. The van der Waals surface area contributed by atoms with E-state index in [0.717, 1.165) is 23.0 Å². The highest BCUT2D eigenvalue weighted by Crippen LogP contribution is 2.27. The van der Waals surface area contributed by atoms with Crippen molar-refractivity contribution in [3.63, 3.8) is 0 Å². The number of sulfonamides is 1. The van der Waals surface area contributed by atoms with E-state index in [1.807, 2.05) is 39.0 Å². The third-order valence-corrected chi connectivity index (χ3v) is 7.25. The zero-order valence-electron chi connectivity index (χ0n) is 18.6. The zero-order chi connectivity index (χ0) is 23.5. The van der Waals surface area contributed by atoms with Crippen LogP contribution in [0.1, 0.15) is 31.9 Å². The Morgan fingerprint density at radius 2 is 1.84 bits per heavy atom. The fourth-order valence-corrected chi connectivity index (χ4v) is 5.04. The standard InChI is InChI=1S/C22H26N4O4S2/c1-15-6-7-16(22(2,3)4)12-19(15)32(28,29)25-20(27)13-31-21-24-23-14-26(21)17-8-10-18(30-5)11-9-17/h6-12,14H,13H2,1-5H3,(H,25,27). The largest absolute Gasteiger partial charge is 0.497 e. The summed E-state index contributed by atoms with van der Waals surface area (Å²) in [6.45, 7) is 7.71. The number of thioether (sulfide) groups is 1. The quantitative estimate of drug-likeness (QED) is 0.523. The molecule has 3 aromatic rings. The molecule has 0 radical (unpaired) electrons. The van der Waals surface area contributed by atoms with E-state index in [9.17, 15) is 13.2 Å². The van der Waals surface area contributed by atoms with Gasteiger partial charge in [-0.05, 0) is 53.8 Å². The number of nitrogens with one attached hydrogen (secondary N) is 1. The second-order valence-corrected chi connectivity index (χ2v) is 10.8. The average Bonchev–Trinajstić information content (AvgIpc) is 3.20. The van der Waals surface area contributed by atoms with Crippen LogP contribution in [-0.2, 0) is 20.2 Å². The van der Waals surface area contributed by atoms with Crippen LogP contribution in [0.4, 0.5) is 0 Å². The predicted octanol–water partition coefficient (Wildman–Crippen LogP) is 3.48. The van der Waals surface area contributed by atoms with Crippen molar-refractivity contribution >= 4 is 27.7 Å². The highest BCUT2D eigenvalue weighted by molar-refractivity contribution is 8.00. The molecule has 0 atom stereocenters. The lowest BCUT2D eigenvalue weighted by Crippen LogP contribution is -2.32. The molecule has 1 heterocycles. The fourth-order valence-electron chi connectivity index (χ4n) is 2.96. The number of benzene rings is 2. The number of rotatable bonds is 7. The predicted molar refractivity (Wildman–Crippen MR) is 124 cm³/mol. The van der Waals surface area contributed by atoms with E-state index < -0.39 is 15.9 Å². The van der Waals surface area contributed by atoms with Gasteiger partial charge in [0.25, 0.3) is 10.0 Å². The first-order valence-electron chi connectivity index (χ1n) is 9.85. The molecule has 0 aliphatic rings. The zero-order valence-corrected chi connectivity index (χ0v) is 20.3. The number of aromatic nitrogens is 3. The van der Waals surface area contributed by atoms with E-state index in [1.165, 1.54) is 6.33 Å². The molecule has 32 heavy (non-hydrogen) atoms. The second-order valence-electron chi connectivity index (χ2n) is 8.23. The number of methoxy groups -OCH3 is 1. The molecular weight excluding hydrogens is 448 g/mol. The molecule has 0 aliphatic carbocycles. The molecule has 0 aliphatic heterocycles. The molecule has 0 fully saturated rings. The number of hydrogen-bond acceptors (Lipinski definition) is 7. The Bertz CT molecular complexity index is 1210. The Hall–Kier alpha value is -2.85. The fraction of sp³-hybridized carbons (Fsp3) is 0.318. The maximum atomic E-state index is 12.9. The van der Waals surface area contributed by atoms with Gasteiger partial charge in [0.1, 0.15) is 12.1 Å². The lowest BCUT2D eigenvalue weighted by molar-refractivity contribution is -0.116. The van der Waals surface area contributed by atoms with Crippen molar-refractivity contribution < 1.29 is 17.9 Å². The summed E-state index contributed by atoms with van der Waals surface area (Å²) in [5.74, 6) is -0.0576. The van der Waals surface area contributed by atoms with Gasteiger partial charge >= 0.3 is 0 Å². The minimum absolute atomic E-state index is 0.102. The van der Waals surface area contributed by atoms with Gasteiger partial charge in [0.15, 0.2) is 5.16 Å². The van der Waals surface area contributed by atoms with Crippen molar-refractivity contribution in [2.75, 3.05) is 12.9 Å². The number of aryl methyl sites for hydroxylation is 1. The van der Waals surface area contributed by atoms with Gasteiger partial charge in [0.05, 0.1) is 17.8 Å². The minimum atomic E-state index is -4.00. The summed E-state index contributed by atoms with van der Waals surface area (Å²) in [5.41, 5.74) is 2.02. The van der Waals surface area contributed by atoms with Gasteiger partial charge in [-0.3, -0.25) is 9.36 Å². The van der Waals surface area contributed by atoms with Crippen LogP contribution in [0.3, 0.4) is 0 Å². The van der Waals surface area contributed by atoms with E-state index in [1.54, 1.807) is 42.9 Å². The van der Waals surface area contributed by atoms with Crippen LogP contribution in [-0.4, -0.2) is 42.0 Å². The Kier molecular flexibility index (Phi) is 6.94. The molecule has 0 unspecified atom stereocenters. The maximum Gasteiger partial charge on any atom is 0.264 e. The third kappa shape index (κ3) is 5.49. The van der Waals surface area contributed by atoms with E-state index >= 15 is 0 Å². The molecule has 8 nitrogen and oxygen atoms in total. The van der Waals surface area contributed by atoms with E-state index in [2.05, 4.69) is 14.9 Å². The van der Waals surface area contributed by atoms with Gasteiger partial charge in [-0.2, -0.15) is 0 Å². The van der Waals surface area contributed by atoms with Crippen molar-refractivity contribution in [2.45, 2.75) is 43.2 Å². The van der Waals surface area contributed by atoms with Crippen LogP contribution in [0.25, 0.3) is 5.69 Å². The molecule has 0 bridgehead atoms. The van der Waals surface area contributed by atoms with Crippen molar-refractivity contribution in [1.82, 2.24) is 19.5 Å². The van der Waals surface area contributed by atoms with Crippen molar-refractivity contribution in [1.29, 1.82) is 0 Å². The van der Waals surface area contributed by atoms with Crippen LogP contribution >= 0.6 is 11.8 Å². The van der Waals surface area contributed by atoms with Gasteiger partial charge in [-0.25, -0.2) is 13.1 Å². The number of ether oxygens (including phenoxy) is 1. The third-order valence-electron chi connectivity index (χ3n) is 4.79. The Balaban J connectivity index is 1.71. The minimum Gasteiger partial charge on any atom is -0.497 e. The summed E-state index contributed by atoms with van der Waals surface area (Å²) >= 11 is 1.10. The Morgan fingerprint density at radius 1 is 1.16 bits per heavy atom. The first-order valence-corrected chi connectivity index (χ1v) is 12.3. The summed E-state index contributed by atoms with van der Waals surface area (Å²) in [5, 5.41) is 8.39. The monoisotopic (exact) mass is 474 g/mol. The van der Waals surface area contributed by atoms with Crippen LogP contribution in [0, 0.1) is 6.92 Å². The Labute approximate surface area is 192 Å². The SMILES string of the molecule is COc1ccc(-n2cnnc2SCC(=O)NS(=O)(=O)c2cc(C(C)(C)C)ccc2C)cc1. The summed E-state index contributed by atoms with van der Waals surface area (Å²) in [6, 6.07) is 12.6. The van der Waals surface area contributed by atoms with E-state index in [4.69, 9.17) is 4.74 Å². The van der Waals surface area contributed by atoms with Gasteiger partial charge < -0.3 is 4.74 Å². The molecule has 0 saturated heterocycles. The molecule has 3 rings (SSSR count). The molecule has 1 N–H and O–H groups in total. The average molecular weight is 475 g/mol. The van der Waals surface area contributed by atoms with Gasteiger partial charge in [-0.1, -0.05) is 44.7 Å². The van der Waals surface area contributed by atoms with Gasteiger partial charge in [0.2, 0.25) is 5.91 Å². The highest BCUT2D eigenvalue weighted by Gasteiger charge is 2.23. The van der Waals surface area contributed by atoms with E-state index in [0.29, 0.717) is 16.5 Å². The molecular formula is C22H26N4O4S2. The molecule has 1 aromatic heterocycles. The smallest absolute Gasteiger partial charge is 0.264 e. The van der Waals surface area contributed by atoms with Crippen molar-refractivity contribution in [2.24, 2.45) is 0 Å². The summed E-state index contributed by atoms with van der Waals surface area (Å²) in [6.07, 6.45) is 1.53. The topological polar surface area (TPSA) is 103 Å². The second kappa shape index (κ2) is 9.33. The van der Waals surface area contributed by atoms with Gasteiger partial charge in [-0.15, -0.1) is 10.2 Å². The summed E-state index contributed by atoms with van der Waals surface area (Å²) in [4.78, 5) is 12.6. The van der Waals surface area contributed by atoms with E-state index in [-0.39, 0.29) is 16.1 Å².